The van der Waals surface area contributed by atoms with Gasteiger partial charge in [0.15, 0.2) is 0 Å². The molecule has 10 rings (SSSR count). The summed E-state index contributed by atoms with van der Waals surface area (Å²) in [7, 11) is 0. The van der Waals surface area contributed by atoms with E-state index in [0.717, 1.165) is 32.7 Å². The molecule has 1 heterocycles. The van der Waals surface area contributed by atoms with E-state index >= 15 is 0 Å². The van der Waals surface area contributed by atoms with Crippen LogP contribution >= 0.6 is 0 Å². The lowest BCUT2D eigenvalue weighted by Crippen LogP contribution is -1.92. The Morgan fingerprint density at radius 3 is 1.69 bits per heavy atom. The lowest BCUT2D eigenvalue weighted by Gasteiger charge is -2.19. The molecule has 0 saturated carbocycles. The van der Waals surface area contributed by atoms with Gasteiger partial charge >= 0.3 is 0 Å². The summed E-state index contributed by atoms with van der Waals surface area (Å²) in [6.45, 7) is 0. The van der Waals surface area contributed by atoms with Crippen LogP contribution in [0, 0.1) is 0 Å². The summed E-state index contributed by atoms with van der Waals surface area (Å²) >= 11 is 0. The van der Waals surface area contributed by atoms with Crippen LogP contribution in [0.15, 0.2) is 186 Å². The molecule has 0 radical (unpaired) electrons. The van der Waals surface area contributed by atoms with Crippen molar-refractivity contribution in [2.24, 2.45) is 0 Å². The molecular weight excluding hydrogens is 593 g/mol. The van der Waals surface area contributed by atoms with Crippen LogP contribution in [0.1, 0.15) is 19.2 Å². The van der Waals surface area contributed by atoms with Gasteiger partial charge in [-0.3, -0.25) is 0 Å². The Labute approximate surface area is 304 Å². The number of hydrogen-bond donors (Lipinski definition) is 0. The SMILES string of the molecule is [2H]c1c([2H])c([2H])c(-c2ccc3c(-c4cccc5oc6cc7ccccc7cc6c45)c4ccccc4c(-c4c([2H])c([2H])c(-c5c([2H])c([2H])c([2H])c([2H])c5[2H])c([2H])c4[2H])c3c2)c([2H])c1[2H]. The van der Waals surface area contributed by atoms with Crippen molar-refractivity contribution in [2.45, 2.75) is 0 Å². The molecule has 0 atom stereocenters. The van der Waals surface area contributed by atoms with Crippen LogP contribution in [0.3, 0.4) is 0 Å². The molecule has 0 N–H and O–H groups in total. The third-order valence-corrected chi connectivity index (χ3v) is 9.07. The second-order valence-electron chi connectivity index (χ2n) is 11.8. The third-order valence-electron chi connectivity index (χ3n) is 9.07. The minimum absolute atomic E-state index is 0.0746. The molecule has 0 spiro atoms. The Balaban J connectivity index is 1.38. The van der Waals surface area contributed by atoms with Crippen LogP contribution in [0.5, 0.6) is 0 Å². The summed E-state index contributed by atoms with van der Waals surface area (Å²) < 4.78 is 129. The fraction of sp³-hybridized carbons (Fsp3) is 0. The Morgan fingerprint density at radius 2 is 0.959 bits per heavy atom. The Morgan fingerprint density at radius 1 is 0.367 bits per heavy atom. The molecule has 0 fully saturated rings. The van der Waals surface area contributed by atoms with E-state index in [9.17, 15) is 5.48 Å². The summed E-state index contributed by atoms with van der Waals surface area (Å²) in [6.07, 6.45) is 0. The van der Waals surface area contributed by atoms with E-state index in [0.29, 0.717) is 32.7 Å². The smallest absolute Gasteiger partial charge is 0.136 e. The predicted octanol–water partition coefficient (Wildman–Crippen LogP) is 13.7. The molecule has 10 aromatic rings. The van der Waals surface area contributed by atoms with Crippen molar-refractivity contribution in [2.75, 3.05) is 0 Å². The van der Waals surface area contributed by atoms with Gasteiger partial charge in [-0.1, -0.05) is 157 Å². The van der Waals surface area contributed by atoms with Crippen molar-refractivity contribution in [3.8, 4) is 44.5 Å². The number of benzene rings is 9. The largest absolute Gasteiger partial charge is 0.456 e. The van der Waals surface area contributed by atoms with Crippen molar-refractivity contribution in [1.29, 1.82) is 0 Å². The number of furan rings is 1. The van der Waals surface area contributed by atoms with Gasteiger partial charge in [0.1, 0.15) is 11.2 Å². The molecule has 228 valence electrons. The molecule has 0 aliphatic heterocycles. The normalized spacial score (nSPS) is 15.7. The van der Waals surface area contributed by atoms with Gasteiger partial charge in [0.05, 0.1) is 19.2 Å². The van der Waals surface area contributed by atoms with Crippen molar-refractivity contribution in [1.82, 2.24) is 0 Å². The first-order valence-electron chi connectivity index (χ1n) is 22.7. The zero-order valence-electron chi connectivity index (χ0n) is 39.6. The first-order chi connectivity index (χ1) is 30.1. The summed E-state index contributed by atoms with van der Waals surface area (Å²) in [6, 6.07) is 22.0. The maximum absolute atomic E-state index is 9.54. The van der Waals surface area contributed by atoms with Gasteiger partial charge in [-0.15, -0.1) is 0 Å². The van der Waals surface area contributed by atoms with Crippen molar-refractivity contribution >= 4 is 54.3 Å². The van der Waals surface area contributed by atoms with E-state index in [1.807, 2.05) is 60.7 Å². The molecule has 9 aromatic carbocycles. The Hall–Kier alpha value is -6.44. The lowest BCUT2D eigenvalue weighted by molar-refractivity contribution is 0.669. The van der Waals surface area contributed by atoms with E-state index in [2.05, 4.69) is 6.07 Å². The van der Waals surface area contributed by atoms with Crippen molar-refractivity contribution < 1.29 is 23.6 Å². The van der Waals surface area contributed by atoms with E-state index in [1.54, 1.807) is 30.3 Å². The summed E-state index contributed by atoms with van der Waals surface area (Å²) in [5.74, 6) is 0. The van der Waals surface area contributed by atoms with Gasteiger partial charge < -0.3 is 4.42 Å². The monoisotopic (exact) mass is 636 g/mol. The minimum atomic E-state index is -0.687. The minimum Gasteiger partial charge on any atom is -0.456 e. The van der Waals surface area contributed by atoms with Gasteiger partial charge in [0, 0.05) is 10.8 Å². The summed E-state index contributed by atoms with van der Waals surface area (Å²) in [4.78, 5) is 0. The zero-order valence-corrected chi connectivity index (χ0v) is 25.6. The lowest BCUT2D eigenvalue weighted by atomic mass is 9.83. The highest BCUT2D eigenvalue weighted by Crippen LogP contribution is 2.48. The molecule has 0 bridgehead atoms. The molecule has 0 amide bonds. The van der Waals surface area contributed by atoms with Crippen molar-refractivity contribution in [3.05, 3.63) is 182 Å². The number of hydrogen-bond acceptors (Lipinski definition) is 1. The zero-order chi connectivity index (χ0) is 44.5. The predicted molar refractivity (Wildman–Crippen MR) is 208 cm³/mol. The van der Waals surface area contributed by atoms with E-state index in [4.69, 9.17) is 18.1 Å². The molecular formula is C48H30O. The fourth-order valence-electron chi connectivity index (χ4n) is 6.95. The average molecular weight is 637 g/mol. The van der Waals surface area contributed by atoms with Crippen LogP contribution in [0.25, 0.3) is 98.8 Å². The summed E-state index contributed by atoms with van der Waals surface area (Å²) in [5, 5.41) is 5.82. The second-order valence-corrected chi connectivity index (χ2v) is 11.8. The first-order valence-corrected chi connectivity index (χ1v) is 15.7. The number of rotatable bonds is 4. The van der Waals surface area contributed by atoms with Crippen LogP contribution in [-0.4, -0.2) is 0 Å². The van der Waals surface area contributed by atoms with Gasteiger partial charge in [-0.25, -0.2) is 0 Å². The second kappa shape index (κ2) is 11.1. The highest BCUT2D eigenvalue weighted by Gasteiger charge is 2.21. The average Bonchev–Trinajstić information content (AvgIpc) is 3.66. The molecule has 0 aliphatic carbocycles. The standard InChI is InChI=1S/C48H30O/c1-3-12-31(13-4-1)33-22-24-34(25-23-33)46-38-18-9-10-19-39(38)47(40-27-26-37(28-42(40)46)32-14-5-2-6-15-32)41-20-11-21-44-48(41)43-29-35-16-7-8-17-36(35)30-45(43)49-44/h1-30H/i1D,2D,3D,4D,5D,6D,12D,13D,14D,15D,22D,23D,24D,25D. The van der Waals surface area contributed by atoms with E-state index < -0.39 is 95.7 Å². The quantitative estimate of drug-likeness (QED) is 0.175. The number of fused-ring (bicyclic) bond motifs is 6. The van der Waals surface area contributed by atoms with Crippen LogP contribution in [-0.2, 0) is 0 Å². The van der Waals surface area contributed by atoms with E-state index in [-0.39, 0.29) is 22.3 Å². The molecule has 0 aliphatic rings. The maximum atomic E-state index is 9.54. The molecule has 1 heteroatoms. The van der Waals surface area contributed by atoms with Gasteiger partial charge in [-0.2, -0.15) is 0 Å². The molecule has 0 unspecified atom stereocenters. The molecule has 1 nitrogen and oxygen atoms in total. The Kier molecular flexibility index (Phi) is 3.87. The molecule has 49 heavy (non-hydrogen) atoms. The van der Waals surface area contributed by atoms with Crippen LogP contribution in [0.2, 0.25) is 0 Å². The topological polar surface area (TPSA) is 13.1 Å². The maximum Gasteiger partial charge on any atom is 0.136 e. The highest BCUT2D eigenvalue weighted by atomic mass is 16.3. The Bertz CT molecular complexity index is 3600. The van der Waals surface area contributed by atoms with Crippen LogP contribution < -0.4 is 0 Å². The van der Waals surface area contributed by atoms with Gasteiger partial charge in [-0.05, 0) is 101 Å². The first kappa shape index (κ1) is 17.1. The molecule has 1 aromatic heterocycles. The highest BCUT2D eigenvalue weighted by molar-refractivity contribution is 6.26. The molecule has 0 saturated heterocycles. The van der Waals surface area contributed by atoms with Crippen LogP contribution in [0.4, 0.5) is 0 Å². The van der Waals surface area contributed by atoms with Gasteiger partial charge in [0.25, 0.3) is 0 Å². The fourth-order valence-corrected chi connectivity index (χ4v) is 6.95. The van der Waals surface area contributed by atoms with Gasteiger partial charge in [0.2, 0.25) is 0 Å². The third kappa shape index (κ3) is 4.47. The summed E-state index contributed by atoms with van der Waals surface area (Å²) in [5.41, 5.74) is 2.15. The van der Waals surface area contributed by atoms with Crippen molar-refractivity contribution in [3.63, 3.8) is 0 Å². The van der Waals surface area contributed by atoms with E-state index in [1.165, 1.54) is 0 Å².